The summed E-state index contributed by atoms with van der Waals surface area (Å²) in [6, 6.07) is 10.6. The predicted molar refractivity (Wildman–Crippen MR) is 77.3 cm³/mol. The summed E-state index contributed by atoms with van der Waals surface area (Å²) < 4.78 is 28.3. The van der Waals surface area contributed by atoms with Crippen LogP contribution in [-0.2, 0) is 6.54 Å². The van der Waals surface area contributed by atoms with E-state index in [0.717, 1.165) is 16.6 Å². The molecule has 0 fully saturated rings. The Hall–Kier alpha value is -2.44. The summed E-state index contributed by atoms with van der Waals surface area (Å²) in [4.78, 5) is 0. The van der Waals surface area contributed by atoms with Crippen molar-refractivity contribution in [2.75, 3.05) is 5.32 Å². The molecule has 1 N–H and O–H groups in total. The van der Waals surface area contributed by atoms with E-state index in [-0.39, 0.29) is 17.7 Å². The lowest BCUT2D eigenvalue weighted by molar-refractivity contribution is 0.559. The van der Waals surface area contributed by atoms with Gasteiger partial charge in [-0.05, 0) is 30.3 Å². The maximum absolute atomic E-state index is 13.8. The molecule has 0 atom stereocenters. The second-order valence-corrected chi connectivity index (χ2v) is 5.10. The van der Waals surface area contributed by atoms with Crippen LogP contribution in [0.2, 0.25) is 0 Å². The van der Waals surface area contributed by atoms with E-state index >= 15 is 0 Å². The van der Waals surface area contributed by atoms with Crippen molar-refractivity contribution in [1.82, 2.24) is 0 Å². The van der Waals surface area contributed by atoms with Crippen molar-refractivity contribution in [1.29, 1.82) is 10.5 Å². The van der Waals surface area contributed by atoms with Gasteiger partial charge in [-0.15, -0.1) is 0 Å². The van der Waals surface area contributed by atoms with Gasteiger partial charge in [-0.2, -0.15) is 10.5 Å². The van der Waals surface area contributed by atoms with Crippen LogP contribution in [0.15, 0.2) is 34.8 Å². The molecule has 0 saturated carbocycles. The predicted octanol–water partition coefficient (Wildman–Crippen LogP) is 4.08. The molecular weight excluding hydrogens is 340 g/mol. The SMILES string of the molecule is N#Cc1cc(F)c(CNc2cc(Br)ccc2C#N)c(F)c1. The van der Waals surface area contributed by atoms with Gasteiger partial charge in [0.1, 0.15) is 17.7 Å². The van der Waals surface area contributed by atoms with Gasteiger partial charge in [-0.25, -0.2) is 8.78 Å². The Morgan fingerprint density at radius 1 is 1.05 bits per heavy atom. The molecule has 0 unspecified atom stereocenters. The molecule has 0 amide bonds. The summed E-state index contributed by atoms with van der Waals surface area (Å²) in [5.74, 6) is -1.60. The van der Waals surface area contributed by atoms with E-state index in [1.165, 1.54) is 0 Å². The molecule has 0 aliphatic heterocycles. The van der Waals surface area contributed by atoms with Crippen LogP contribution in [0.1, 0.15) is 16.7 Å². The van der Waals surface area contributed by atoms with Gasteiger partial charge in [-0.3, -0.25) is 0 Å². The maximum atomic E-state index is 13.8. The molecule has 2 aromatic carbocycles. The topological polar surface area (TPSA) is 59.6 Å². The van der Waals surface area contributed by atoms with Crippen LogP contribution in [-0.4, -0.2) is 0 Å². The Morgan fingerprint density at radius 3 is 2.29 bits per heavy atom. The molecule has 0 spiro atoms. The van der Waals surface area contributed by atoms with Crippen LogP contribution in [0, 0.1) is 34.3 Å². The minimum absolute atomic E-state index is 0.0751. The Balaban J connectivity index is 2.28. The molecule has 0 aliphatic carbocycles. The third-order valence-corrected chi connectivity index (χ3v) is 3.32. The zero-order valence-electron chi connectivity index (χ0n) is 10.6. The lowest BCUT2D eigenvalue weighted by Gasteiger charge is -2.10. The number of halogens is 3. The molecule has 104 valence electrons. The van der Waals surface area contributed by atoms with Crippen molar-refractivity contribution >= 4 is 21.6 Å². The van der Waals surface area contributed by atoms with E-state index in [9.17, 15) is 8.78 Å². The summed E-state index contributed by atoms with van der Waals surface area (Å²) in [6.45, 7) is -0.130. The van der Waals surface area contributed by atoms with Crippen LogP contribution < -0.4 is 5.32 Å². The molecule has 0 saturated heterocycles. The van der Waals surface area contributed by atoms with Gasteiger partial charge in [-0.1, -0.05) is 15.9 Å². The van der Waals surface area contributed by atoms with Crippen molar-refractivity contribution in [3.05, 3.63) is 63.1 Å². The van der Waals surface area contributed by atoms with E-state index < -0.39 is 11.6 Å². The Morgan fingerprint density at radius 2 is 1.71 bits per heavy atom. The summed E-state index contributed by atoms with van der Waals surface area (Å²) in [6.07, 6.45) is 0. The monoisotopic (exact) mass is 347 g/mol. The standard InChI is InChI=1S/C15H8BrF2N3/c16-11-2-1-10(7-20)15(5-11)21-8-12-13(17)3-9(6-19)4-14(12)18/h1-5,21H,8H2. The number of nitriles is 2. The highest BCUT2D eigenvalue weighted by Crippen LogP contribution is 2.23. The smallest absolute Gasteiger partial charge is 0.132 e. The second kappa shape index (κ2) is 6.34. The highest BCUT2D eigenvalue weighted by Gasteiger charge is 2.12. The quantitative estimate of drug-likeness (QED) is 0.909. The number of anilines is 1. The van der Waals surface area contributed by atoms with E-state index in [2.05, 4.69) is 21.2 Å². The third kappa shape index (κ3) is 3.36. The molecule has 0 aliphatic rings. The van der Waals surface area contributed by atoms with E-state index in [4.69, 9.17) is 10.5 Å². The largest absolute Gasteiger partial charge is 0.380 e. The number of rotatable bonds is 3. The first-order chi connectivity index (χ1) is 10.0. The zero-order valence-corrected chi connectivity index (χ0v) is 12.2. The zero-order chi connectivity index (χ0) is 15.4. The second-order valence-electron chi connectivity index (χ2n) is 4.19. The average Bonchev–Trinajstić information content (AvgIpc) is 2.46. The van der Waals surface area contributed by atoms with Crippen LogP contribution in [0.5, 0.6) is 0 Å². The first kappa shape index (κ1) is 15.0. The normalized spacial score (nSPS) is 9.76. The molecule has 0 aromatic heterocycles. The summed E-state index contributed by atoms with van der Waals surface area (Å²) in [5.41, 5.74) is 0.578. The summed E-state index contributed by atoms with van der Waals surface area (Å²) in [7, 11) is 0. The molecule has 0 bridgehead atoms. The van der Waals surface area contributed by atoms with E-state index in [1.807, 2.05) is 6.07 Å². The molecule has 0 radical (unpaired) electrons. The lowest BCUT2D eigenvalue weighted by Crippen LogP contribution is -2.06. The number of hydrogen-bond acceptors (Lipinski definition) is 3. The first-order valence-corrected chi connectivity index (χ1v) is 6.66. The van der Waals surface area contributed by atoms with Gasteiger partial charge in [0.25, 0.3) is 0 Å². The summed E-state index contributed by atoms with van der Waals surface area (Å²) >= 11 is 3.27. The molecule has 2 aromatic rings. The van der Waals surface area contributed by atoms with Crippen LogP contribution >= 0.6 is 15.9 Å². The molecule has 6 heteroatoms. The maximum Gasteiger partial charge on any atom is 0.132 e. The Kier molecular flexibility index (Phi) is 4.52. The number of nitrogens with zero attached hydrogens (tertiary/aromatic N) is 2. The Labute approximate surface area is 128 Å². The van der Waals surface area contributed by atoms with Gasteiger partial charge < -0.3 is 5.32 Å². The van der Waals surface area contributed by atoms with Crippen LogP contribution in [0.4, 0.5) is 14.5 Å². The number of hydrogen-bond donors (Lipinski definition) is 1. The Bertz CT molecular complexity index is 752. The fourth-order valence-corrected chi connectivity index (χ4v) is 2.14. The van der Waals surface area contributed by atoms with Crippen LogP contribution in [0.25, 0.3) is 0 Å². The number of nitrogens with one attached hydrogen (secondary N) is 1. The molecule has 2 rings (SSSR count). The molecular formula is C15H8BrF2N3. The highest BCUT2D eigenvalue weighted by atomic mass is 79.9. The van der Waals surface area contributed by atoms with E-state index in [0.29, 0.717) is 11.3 Å². The van der Waals surface area contributed by atoms with Gasteiger partial charge in [0.05, 0.1) is 22.9 Å². The average molecular weight is 348 g/mol. The highest BCUT2D eigenvalue weighted by molar-refractivity contribution is 9.10. The van der Waals surface area contributed by atoms with Crippen molar-refractivity contribution in [3.63, 3.8) is 0 Å². The van der Waals surface area contributed by atoms with Gasteiger partial charge >= 0.3 is 0 Å². The van der Waals surface area contributed by atoms with Crippen molar-refractivity contribution < 1.29 is 8.78 Å². The van der Waals surface area contributed by atoms with Crippen molar-refractivity contribution in [2.24, 2.45) is 0 Å². The van der Waals surface area contributed by atoms with Gasteiger partial charge in [0, 0.05) is 16.6 Å². The lowest BCUT2D eigenvalue weighted by atomic mass is 10.1. The number of benzene rings is 2. The third-order valence-electron chi connectivity index (χ3n) is 2.83. The van der Waals surface area contributed by atoms with Crippen molar-refractivity contribution in [2.45, 2.75) is 6.54 Å². The van der Waals surface area contributed by atoms with E-state index in [1.54, 1.807) is 24.3 Å². The minimum atomic E-state index is -0.799. The fourth-order valence-electron chi connectivity index (χ4n) is 1.78. The van der Waals surface area contributed by atoms with Gasteiger partial charge in [0.15, 0.2) is 0 Å². The summed E-state index contributed by atoms with van der Waals surface area (Å²) in [5, 5.41) is 20.5. The fraction of sp³-hybridized carbons (Fsp3) is 0.0667. The van der Waals surface area contributed by atoms with Crippen LogP contribution in [0.3, 0.4) is 0 Å². The first-order valence-electron chi connectivity index (χ1n) is 5.86. The molecule has 21 heavy (non-hydrogen) atoms. The van der Waals surface area contributed by atoms with Crippen molar-refractivity contribution in [3.8, 4) is 12.1 Å². The molecule has 0 heterocycles. The minimum Gasteiger partial charge on any atom is -0.380 e. The molecule has 3 nitrogen and oxygen atoms in total. The van der Waals surface area contributed by atoms with Gasteiger partial charge in [0.2, 0.25) is 0 Å².